The van der Waals surface area contributed by atoms with Gasteiger partial charge in [-0.05, 0) is 17.7 Å². The molecule has 0 saturated carbocycles. The lowest BCUT2D eigenvalue weighted by molar-refractivity contribution is -0.120. The summed E-state index contributed by atoms with van der Waals surface area (Å²) in [5, 5.41) is 7.61. The van der Waals surface area contributed by atoms with Gasteiger partial charge in [-0.1, -0.05) is 41.9 Å². The van der Waals surface area contributed by atoms with Crippen LogP contribution in [0.1, 0.15) is 19.4 Å². The van der Waals surface area contributed by atoms with Crippen LogP contribution in [-0.2, 0) is 17.3 Å². The number of piperazine rings is 1. The number of hydrogen-bond acceptors (Lipinski definition) is 3. The van der Waals surface area contributed by atoms with Crippen molar-refractivity contribution in [1.29, 1.82) is 0 Å². The number of guanidine groups is 1. The van der Waals surface area contributed by atoms with E-state index in [1.54, 1.807) is 22.8 Å². The number of amides is 1. The van der Waals surface area contributed by atoms with Crippen molar-refractivity contribution in [2.45, 2.75) is 19.3 Å². The maximum absolute atomic E-state index is 12.6. The second-order valence-corrected chi connectivity index (χ2v) is 8.55. The average molecular weight is 447 g/mol. The number of carbonyl (C=O) groups excluding carboxylic acids is 1. The first-order valence-corrected chi connectivity index (χ1v) is 10.1. The molecule has 0 atom stereocenters. The number of aryl methyl sites for hydroxylation is 1. The molecule has 7 nitrogen and oxygen atoms in total. The van der Waals surface area contributed by atoms with Crippen LogP contribution in [0.3, 0.4) is 0 Å². The molecular weight excluding hydrogens is 420 g/mol. The van der Waals surface area contributed by atoms with Crippen LogP contribution in [0.25, 0.3) is 0 Å². The Morgan fingerprint density at radius 3 is 2.57 bits per heavy atom. The molecule has 1 fully saturated rings. The highest BCUT2D eigenvalue weighted by atomic mass is 79.9. The SMILES string of the molecule is CN=C(NCC(C)(C)c1ccc(Br)cc1)N1CCN(c2cnn(C)c2)C(=O)C1. The van der Waals surface area contributed by atoms with E-state index >= 15 is 0 Å². The molecule has 1 aromatic carbocycles. The van der Waals surface area contributed by atoms with Gasteiger partial charge in [-0.25, -0.2) is 0 Å². The Balaban J connectivity index is 1.61. The molecule has 1 saturated heterocycles. The van der Waals surface area contributed by atoms with Crippen molar-refractivity contribution in [2.75, 3.05) is 38.1 Å². The van der Waals surface area contributed by atoms with Crippen molar-refractivity contribution < 1.29 is 4.79 Å². The fourth-order valence-corrected chi connectivity index (χ4v) is 3.57. The Morgan fingerprint density at radius 1 is 1.29 bits per heavy atom. The summed E-state index contributed by atoms with van der Waals surface area (Å²) in [4.78, 5) is 20.8. The molecule has 1 N–H and O–H groups in total. The summed E-state index contributed by atoms with van der Waals surface area (Å²) in [6, 6.07) is 8.37. The lowest BCUT2D eigenvalue weighted by Crippen LogP contribution is -2.56. The third-order valence-electron chi connectivity index (χ3n) is 5.05. The van der Waals surface area contributed by atoms with Gasteiger partial charge in [0.1, 0.15) is 6.54 Å². The van der Waals surface area contributed by atoms with Gasteiger partial charge in [0.25, 0.3) is 0 Å². The molecule has 1 aromatic heterocycles. The number of halogens is 1. The van der Waals surface area contributed by atoms with E-state index in [2.05, 4.69) is 69.5 Å². The number of aliphatic imine (C=N–C) groups is 1. The van der Waals surface area contributed by atoms with Gasteiger partial charge in [-0.2, -0.15) is 5.10 Å². The minimum Gasteiger partial charge on any atom is -0.355 e. The summed E-state index contributed by atoms with van der Waals surface area (Å²) in [6.45, 7) is 6.75. The van der Waals surface area contributed by atoms with Crippen LogP contribution < -0.4 is 10.2 Å². The first kappa shape index (κ1) is 20.4. The van der Waals surface area contributed by atoms with E-state index in [9.17, 15) is 4.79 Å². The molecule has 1 amide bonds. The number of nitrogens with zero attached hydrogens (tertiary/aromatic N) is 5. The molecule has 0 bridgehead atoms. The minimum absolute atomic E-state index is 0.0503. The fraction of sp³-hybridized carbons (Fsp3) is 0.450. The number of anilines is 1. The van der Waals surface area contributed by atoms with Gasteiger partial charge in [0.15, 0.2) is 5.96 Å². The number of aromatic nitrogens is 2. The average Bonchev–Trinajstić information content (AvgIpc) is 3.08. The highest BCUT2D eigenvalue weighted by Gasteiger charge is 2.29. The molecule has 0 unspecified atom stereocenters. The van der Waals surface area contributed by atoms with E-state index in [4.69, 9.17) is 0 Å². The van der Waals surface area contributed by atoms with E-state index in [1.165, 1.54) is 5.56 Å². The van der Waals surface area contributed by atoms with Crippen molar-refractivity contribution in [3.8, 4) is 0 Å². The second-order valence-electron chi connectivity index (χ2n) is 7.63. The first-order chi connectivity index (χ1) is 13.3. The van der Waals surface area contributed by atoms with Crippen molar-refractivity contribution in [1.82, 2.24) is 20.0 Å². The van der Waals surface area contributed by atoms with Gasteiger partial charge in [-0.3, -0.25) is 14.5 Å². The Morgan fingerprint density at radius 2 is 2.00 bits per heavy atom. The number of carbonyl (C=O) groups is 1. The summed E-state index contributed by atoms with van der Waals surface area (Å²) < 4.78 is 2.78. The minimum atomic E-state index is -0.0713. The molecule has 3 rings (SSSR count). The lowest BCUT2D eigenvalue weighted by atomic mass is 9.85. The van der Waals surface area contributed by atoms with Crippen LogP contribution >= 0.6 is 15.9 Å². The van der Waals surface area contributed by atoms with Crippen molar-refractivity contribution in [2.24, 2.45) is 12.0 Å². The van der Waals surface area contributed by atoms with Crippen molar-refractivity contribution in [3.05, 3.63) is 46.7 Å². The zero-order valence-corrected chi connectivity index (χ0v) is 18.4. The molecule has 1 aliphatic rings. The van der Waals surface area contributed by atoms with E-state index in [0.717, 1.165) is 29.2 Å². The Bertz CT molecular complexity index is 858. The summed E-state index contributed by atoms with van der Waals surface area (Å²) in [5.74, 6) is 0.804. The molecule has 8 heteroatoms. The first-order valence-electron chi connectivity index (χ1n) is 9.31. The van der Waals surface area contributed by atoms with Crippen LogP contribution in [-0.4, -0.2) is 59.8 Å². The lowest BCUT2D eigenvalue weighted by Gasteiger charge is -2.36. The molecular formula is C20H27BrN6O. The topological polar surface area (TPSA) is 65.8 Å². The number of nitrogens with one attached hydrogen (secondary N) is 1. The van der Waals surface area contributed by atoms with E-state index in [-0.39, 0.29) is 11.3 Å². The highest BCUT2D eigenvalue weighted by Crippen LogP contribution is 2.24. The van der Waals surface area contributed by atoms with Crippen molar-refractivity contribution in [3.63, 3.8) is 0 Å². The van der Waals surface area contributed by atoms with E-state index in [1.807, 2.05) is 18.1 Å². The summed E-state index contributed by atoms with van der Waals surface area (Å²) >= 11 is 3.48. The van der Waals surface area contributed by atoms with Crippen LogP contribution in [0.5, 0.6) is 0 Å². The fourth-order valence-electron chi connectivity index (χ4n) is 3.31. The quantitative estimate of drug-likeness (QED) is 0.578. The van der Waals surface area contributed by atoms with Gasteiger partial charge in [-0.15, -0.1) is 0 Å². The third-order valence-corrected chi connectivity index (χ3v) is 5.58. The molecule has 2 heterocycles. The van der Waals surface area contributed by atoms with Crippen LogP contribution in [0.4, 0.5) is 5.69 Å². The van der Waals surface area contributed by atoms with Crippen molar-refractivity contribution >= 4 is 33.5 Å². The van der Waals surface area contributed by atoms with Gasteiger partial charge in [0, 0.05) is 49.8 Å². The highest BCUT2D eigenvalue weighted by molar-refractivity contribution is 9.10. The molecule has 0 aliphatic carbocycles. The van der Waals surface area contributed by atoms with Crippen LogP contribution in [0, 0.1) is 0 Å². The molecule has 0 spiro atoms. The molecule has 2 aromatic rings. The molecule has 150 valence electrons. The number of benzene rings is 1. The summed E-state index contributed by atoms with van der Waals surface area (Å²) in [6.07, 6.45) is 3.59. The Labute approximate surface area is 174 Å². The van der Waals surface area contributed by atoms with E-state index < -0.39 is 0 Å². The summed E-state index contributed by atoms with van der Waals surface area (Å²) in [7, 11) is 3.61. The number of hydrogen-bond donors (Lipinski definition) is 1. The molecule has 0 radical (unpaired) electrons. The number of rotatable bonds is 4. The maximum atomic E-state index is 12.6. The van der Waals surface area contributed by atoms with Gasteiger partial charge in [0.2, 0.25) is 5.91 Å². The molecule has 28 heavy (non-hydrogen) atoms. The Kier molecular flexibility index (Phi) is 6.07. The van der Waals surface area contributed by atoms with Crippen LogP contribution in [0.15, 0.2) is 46.1 Å². The smallest absolute Gasteiger partial charge is 0.246 e. The van der Waals surface area contributed by atoms with E-state index in [0.29, 0.717) is 13.1 Å². The predicted octanol–water partition coefficient (Wildman–Crippen LogP) is 2.38. The standard InChI is InChI=1S/C20H27BrN6O/c1-20(2,15-5-7-16(21)8-6-15)14-23-19(22-3)26-9-10-27(18(28)13-26)17-11-24-25(4)12-17/h5-8,11-12H,9-10,13-14H2,1-4H3,(H,22,23). The van der Waals surface area contributed by atoms with Gasteiger partial charge >= 0.3 is 0 Å². The predicted molar refractivity (Wildman–Crippen MR) is 116 cm³/mol. The zero-order chi connectivity index (χ0) is 20.3. The van der Waals surface area contributed by atoms with Gasteiger partial charge in [0.05, 0.1) is 11.9 Å². The third kappa shape index (κ3) is 4.55. The second kappa shape index (κ2) is 8.34. The maximum Gasteiger partial charge on any atom is 0.246 e. The molecule has 1 aliphatic heterocycles. The monoisotopic (exact) mass is 446 g/mol. The van der Waals surface area contributed by atoms with Crippen LogP contribution in [0.2, 0.25) is 0 Å². The normalized spacial score (nSPS) is 15.9. The van der Waals surface area contributed by atoms with Gasteiger partial charge < -0.3 is 15.1 Å². The Hall–Kier alpha value is -2.35. The zero-order valence-electron chi connectivity index (χ0n) is 16.8. The largest absolute Gasteiger partial charge is 0.355 e. The summed E-state index contributed by atoms with van der Waals surface area (Å²) in [5.41, 5.74) is 2.01.